The van der Waals surface area contributed by atoms with Crippen LogP contribution in [-0.4, -0.2) is 29.4 Å². The topological polar surface area (TPSA) is 109 Å². The van der Waals surface area contributed by atoms with Gasteiger partial charge in [-0.2, -0.15) is 0 Å². The lowest BCUT2D eigenvalue weighted by Crippen LogP contribution is -2.28. The predicted octanol–water partition coefficient (Wildman–Crippen LogP) is 0.165. The second-order valence-electron chi connectivity index (χ2n) is 4.89. The molecule has 0 bridgehead atoms. The number of amides is 2. The Morgan fingerprint density at radius 3 is 2.65 bits per heavy atom. The summed E-state index contributed by atoms with van der Waals surface area (Å²) in [6.07, 6.45) is 0.982. The molecule has 0 spiro atoms. The van der Waals surface area contributed by atoms with E-state index in [-0.39, 0.29) is 5.91 Å². The minimum Gasteiger partial charge on any atom is -0.481 e. The number of nitrogens with two attached hydrogens (primary N) is 1. The molecule has 106 valence electrons. The SMILES string of the molecule is NC(=O)c1cccc(CCNC(=O)[C@H]2C[C@H]2C(=O)O)c1. The van der Waals surface area contributed by atoms with Crippen LogP contribution in [0.3, 0.4) is 0 Å². The van der Waals surface area contributed by atoms with Gasteiger partial charge in [0, 0.05) is 12.1 Å². The van der Waals surface area contributed by atoms with Gasteiger partial charge in [0.1, 0.15) is 0 Å². The van der Waals surface area contributed by atoms with Gasteiger partial charge >= 0.3 is 5.97 Å². The van der Waals surface area contributed by atoms with Gasteiger partial charge in [-0.05, 0) is 30.5 Å². The summed E-state index contributed by atoms with van der Waals surface area (Å²) < 4.78 is 0. The number of hydrogen-bond donors (Lipinski definition) is 3. The number of benzene rings is 1. The number of rotatable bonds is 6. The molecule has 6 nitrogen and oxygen atoms in total. The van der Waals surface area contributed by atoms with Crippen molar-refractivity contribution in [1.29, 1.82) is 0 Å². The fourth-order valence-corrected chi connectivity index (χ4v) is 2.10. The summed E-state index contributed by atoms with van der Waals surface area (Å²) in [6.45, 7) is 0.407. The molecule has 2 rings (SSSR count). The van der Waals surface area contributed by atoms with E-state index >= 15 is 0 Å². The maximum Gasteiger partial charge on any atom is 0.307 e. The number of primary amides is 1. The molecule has 2 amide bonds. The highest BCUT2D eigenvalue weighted by Crippen LogP contribution is 2.38. The smallest absolute Gasteiger partial charge is 0.307 e. The largest absolute Gasteiger partial charge is 0.481 e. The average Bonchev–Trinajstić information content (AvgIpc) is 3.19. The quantitative estimate of drug-likeness (QED) is 0.687. The third-order valence-electron chi connectivity index (χ3n) is 3.37. The summed E-state index contributed by atoms with van der Waals surface area (Å²) >= 11 is 0. The zero-order valence-corrected chi connectivity index (χ0v) is 10.8. The molecule has 1 fully saturated rings. The van der Waals surface area contributed by atoms with Gasteiger partial charge < -0.3 is 16.2 Å². The van der Waals surface area contributed by atoms with Crippen LogP contribution in [0.4, 0.5) is 0 Å². The first-order valence-corrected chi connectivity index (χ1v) is 6.38. The summed E-state index contributed by atoms with van der Waals surface area (Å²) in [5.41, 5.74) is 6.51. The van der Waals surface area contributed by atoms with Crippen LogP contribution in [0, 0.1) is 11.8 Å². The van der Waals surface area contributed by atoms with Crippen molar-refractivity contribution in [3.05, 3.63) is 35.4 Å². The molecule has 0 heterocycles. The lowest BCUT2D eigenvalue weighted by Gasteiger charge is -2.05. The summed E-state index contributed by atoms with van der Waals surface area (Å²) in [5, 5.41) is 11.4. The van der Waals surface area contributed by atoms with Crippen molar-refractivity contribution in [1.82, 2.24) is 5.32 Å². The fourth-order valence-electron chi connectivity index (χ4n) is 2.10. The molecule has 1 saturated carbocycles. The molecular formula is C14H16N2O4. The number of hydrogen-bond acceptors (Lipinski definition) is 3. The Balaban J connectivity index is 1.79. The second-order valence-corrected chi connectivity index (χ2v) is 4.89. The van der Waals surface area contributed by atoms with Crippen molar-refractivity contribution in [2.24, 2.45) is 17.6 Å². The lowest BCUT2D eigenvalue weighted by atomic mass is 10.1. The zero-order valence-electron chi connectivity index (χ0n) is 10.8. The van der Waals surface area contributed by atoms with Crippen molar-refractivity contribution in [3.8, 4) is 0 Å². The van der Waals surface area contributed by atoms with Gasteiger partial charge in [-0.15, -0.1) is 0 Å². The Morgan fingerprint density at radius 1 is 1.30 bits per heavy atom. The highest BCUT2D eigenvalue weighted by Gasteiger charge is 2.48. The van der Waals surface area contributed by atoms with Crippen molar-refractivity contribution in [3.63, 3.8) is 0 Å². The Hall–Kier alpha value is -2.37. The molecule has 20 heavy (non-hydrogen) atoms. The number of aliphatic carboxylic acids is 1. The van der Waals surface area contributed by atoms with Gasteiger partial charge in [0.2, 0.25) is 11.8 Å². The first kappa shape index (κ1) is 14.0. The van der Waals surface area contributed by atoms with E-state index in [2.05, 4.69) is 5.32 Å². The summed E-state index contributed by atoms with van der Waals surface area (Å²) in [4.78, 5) is 33.3. The molecule has 0 aromatic heterocycles. The van der Waals surface area contributed by atoms with E-state index < -0.39 is 23.7 Å². The lowest BCUT2D eigenvalue weighted by molar-refractivity contribution is -0.140. The number of carboxylic acids is 1. The minimum atomic E-state index is -0.917. The molecule has 1 aromatic carbocycles. The number of carbonyl (C=O) groups excluding carboxylic acids is 2. The Kier molecular flexibility index (Phi) is 4.02. The van der Waals surface area contributed by atoms with E-state index in [1.165, 1.54) is 0 Å². The maximum absolute atomic E-state index is 11.6. The first-order chi connectivity index (χ1) is 9.49. The molecule has 0 saturated heterocycles. The molecule has 1 aliphatic carbocycles. The van der Waals surface area contributed by atoms with E-state index in [9.17, 15) is 14.4 Å². The van der Waals surface area contributed by atoms with Gasteiger partial charge in [-0.1, -0.05) is 12.1 Å². The first-order valence-electron chi connectivity index (χ1n) is 6.38. The van der Waals surface area contributed by atoms with E-state index in [4.69, 9.17) is 10.8 Å². The van der Waals surface area contributed by atoms with Gasteiger partial charge in [-0.3, -0.25) is 14.4 Å². The van der Waals surface area contributed by atoms with Gasteiger partial charge in [0.15, 0.2) is 0 Å². The molecule has 0 radical (unpaired) electrons. The normalized spacial score (nSPS) is 20.2. The Morgan fingerprint density at radius 2 is 2.05 bits per heavy atom. The van der Waals surface area contributed by atoms with Crippen LogP contribution in [0.25, 0.3) is 0 Å². The Bertz CT molecular complexity index is 556. The van der Waals surface area contributed by atoms with Gasteiger partial charge in [0.25, 0.3) is 0 Å². The Labute approximate surface area is 116 Å². The van der Waals surface area contributed by atoms with Crippen molar-refractivity contribution in [2.75, 3.05) is 6.54 Å². The van der Waals surface area contributed by atoms with Crippen LogP contribution in [-0.2, 0) is 16.0 Å². The number of nitrogens with one attached hydrogen (secondary N) is 1. The average molecular weight is 276 g/mol. The van der Waals surface area contributed by atoms with E-state index in [1.54, 1.807) is 18.2 Å². The fraction of sp³-hybridized carbons (Fsp3) is 0.357. The van der Waals surface area contributed by atoms with Crippen LogP contribution in [0.5, 0.6) is 0 Å². The van der Waals surface area contributed by atoms with Crippen LogP contribution in [0.1, 0.15) is 22.3 Å². The molecule has 2 atom stereocenters. The van der Waals surface area contributed by atoms with E-state index in [1.807, 2.05) is 6.07 Å². The maximum atomic E-state index is 11.6. The molecular weight excluding hydrogens is 260 g/mol. The predicted molar refractivity (Wildman–Crippen MR) is 70.9 cm³/mol. The molecule has 0 aliphatic heterocycles. The molecule has 0 unspecified atom stereocenters. The molecule has 1 aromatic rings. The van der Waals surface area contributed by atoms with E-state index in [0.29, 0.717) is 24.9 Å². The van der Waals surface area contributed by atoms with Crippen LogP contribution in [0.2, 0.25) is 0 Å². The number of carboxylic acid groups (broad SMARTS) is 1. The van der Waals surface area contributed by atoms with Crippen LogP contribution < -0.4 is 11.1 Å². The van der Waals surface area contributed by atoms with Crippen LogP contribution >= 0.6 is 0 Å². The third-order valence-corrected chi connectivity index (χ3v) is 3.37. The highest BCUT2D eigenvalue weighted by molar-refractivity contribution is 5.93. The standard InChI is InChI=1S/C14H16N2O4/c15-12(17)9-3-1-2-8(6-9)4-5-16-13(18)10-7-11(10)14(19)20/h1-3,6,10-11H,4-5,7H2,(H2,15,17)(H,16,18)(H,19,20)/t10-,11+/m0/s1. The van der Waals surface area contributed by atoms with Gasteiger partial charge in [0.05, 0.1) is 11.8 Å². The van der Waals surface area contributed by atoms with Crippen LogP contribution in [0.15, 0.2) is 24.3 Å². The number of carbonyl (C=O) groups is 3. The summed E-state index contributed by atoms with van der Waals surface area (Å²) in [7, 11) is 0. The van der Waals surface area contributed by atoms with Gasteiger partial charge in [-0.25, -0.2) is 0 Å². The zero-order chi connectivity index (χ0) is 14.7. The summed E-state index contributed by atoms with van der Waals surface area (Å²) in [6, 6.07) is 6.89. The summed E-state index contributed by atoms with van der Waals surface area (Å²) in [5.74, 6) is -2.56. The van der Waals surface area contributed by atoms with Crippen molar-refractivity contribution in [2.45, 2.75) is 12.8 Å². The monoisotopic (exact) mass is 276 g/mol. The molecule has 6 heteroatoms. The minimum absolute atomic E-state index is 0.219. The third kappa shape index (κ3) is 3.34. The van der Waals surface area contributed by atoms with Crippen molar-refractivity contribution >= 4 is 17.8 Å². The molecule has 1 aliphatic rings. The van der Waals surface area contributed by atoms with E-state index in [0.717, 1.165) is 5.56 Å². The molecule has 4 N–H and O–H groups in total. The highest BCUT2D eigenvalue weighted by atomic mass is 16.4. The van der Waals surface area contributed by atoms with Crippen molar-refractivity contribution < 1.29 is 19.5 Å². The second kappa shape index (κ2) is 5.73.